The molecule has 88 valence electrons. The van der Waals surface area contributed by atoms with E-state index in [2.05, 4.69) is 10.1 Å². The van der Waals surface area contributed by atoms with Crippen molar-refractivity contribution in [2.75, 3.05) is 7.11 Å². The van der Waals surface area contributed by atoms with Crippen LogP contribution in [-0.2, 0) is 14.3 Å². The first kappa shape index (κ1) is 13.9. The van der Waals surface area contributed by atoms with E-state index >= 15 is 0 Å². The van der Waals surface area contributed by atoms with Gasteiger partial charge in [-0.3, -0.25) is 9.59 Å². The van der Waals surface area contributed by atoms with Crippen molar-refractivity contribution in [3.63, 3.8) is 0 Å². The van der Waals surface area contributed by atoms with Gasteiger partial charge in [-0.1, -0.05) is 0 Å². The van der Waals surface area contributed by atoms with Crippen molar-refractivity contribution >= 4 is 11.9 Å². The average molecular weight is 216 g/mol. The van der Waals surface area contributed by atoms with Gasteiger partial charge in [0.15, 0.2) is 0 Å². The zero-order chi connectivity index (χ0) is 12.1. The molecule has 0 aromatic heterocycles. The maximum atomic E-state index is 11.5. The van der Waals surface area contributed by atoms with Gasteiger partial charge in [0.25, 0.3) is 0 Å². The molecule has 0 heterocycles. The molecule has 5 heteroatoms. The van der Waals surface area contributed by atoms with Gasteiger partial charge in [0, 0.05) is 12.0 Å². The van der Waals surface area contributed by atoms with E-state index in [1.807, 2.05) is 20.8 Å². The second kappa shape index (κ2) is 5.70. The van der Waals surface area contributed by atoms with E-state index in [1.165, 1.54) is 7.11 Å². The van der Waals surface area contributed by atoms with Gasteiger partial charge in [-0.25, -0.2) is 0 Å². The average Bonchev–Trinajstić information content (AvgIpc) is 2.10. The summed E-state index contributed by atoms with van der Waals surface area (Å²) in [6, 6.07) is -0.664. The van der Waals surface area contributed by atoms with E-state index in [0.717, 1.165) is 0 Å². The van der Waals surface area contributed by atoms with Crippen LogP contribution in [0.5, 0.6) is 0 Å². The number of methoxy groups -OCH3 is 1. The molecule has 1 unspecified atom stereocenters. The summed E-state index contributed by atoms with van der Waals surface area (Å²) in [5.74, 6) is -0.597. The summed E-state index contributed by atoms with van der Waals surface area (Å²) < 4.78 is 4.46. The van der Waals surface area contributed by atoms with Crippen molar-refractivity contribution in [3.8, 4) is 0 Å². The first-order valence-corrected chi connectivity index (χ1v) is 4.90. The summed E-state index contributed by atoms with van der Waals surface area (Å²) in [6.07, 6.45) is 0.462. The van der Waals surface area contributed by atoms with Crippen LogP contribution >= 0.6 is 0 Å². The van der Waals surface area contributed by atoms with Gasteiger partial charge in [-0.2, -0.15) is 0 Å². The number of nitrogens with two attached hydrogens (primary N) is 1. The smallest absolute Gasteiger partial charge is 0.305 e. The predicted octanol–water partition coefficient (Wildman–Crippen LogP) is 0.182. The van der Waals surface area contributed by atoms with Crippen molar-refractivity contribution in [3.05, 3.63) is 0 Å². The molecular formula is C10H20N2O3. The zero-order valence-corrected chi connectivity index (χ0v) is 9.79. The fourth-order valence-corrected chi connectivity index (χ4v) is 0.969. The van der Waals surface area contributed by atoms with Crippen LogP contribution in [0.15, 0.2) is 0 Å². The van der Waals surface area contributed by atoms with E-state index in [1.54, 1.807) is 0 Å². The normalized spacial score (nSPS) is 13.1. The van der Waals surface area contributed by atoms with Crippen molar-refractivity contribution in [1.82, 2.24) is 5.32 Å². The number of amides is 1. The molecule has 0 aliphatic rings. The zero-order valence-electron chi connectivity index (χ0n) is 9.79. The molecule has 0 aromatic rings. The van der Waals surface area contributed by atoms with Crippen LogP contribution < -0.4 is 11.1 Å². The molecular weight excluding hydrogens is 196 g/mol. The number of nitrogens with one attached hydrogen (secondary N) is 1. The fraction of sp³-hybridized carbons (Fsp3) is 0.800. The van der Waals surface area contributed by atoms with Crippen molar-refractivity contribution in [2.24, 2.45) is 5.73 Å². The largest absolute Gasteiger partial charge is 0.469 e. The number of esters is 1. The Morgan fingerprint density at radius 3 is 2.33 bits per heavy atom. The van der Waals surface area contributed by atoms with Crippen LogP contribution in [0.4, 0.5) is 0 Å². The lowest BCUT2D eigenvalue weighted by Crippen LogP contribution is -2.49. The number of carbonyl (C=O) groups is 2. The summed E-state index contributed by atoms with van der Waals surface area (Å²) >= 11 is 0. The molecule has 0 bridgehead atoms. The van der Waals surface area contributed by atoms with Crippen LogP contribution in [0.2, 0.25) is 0 Å². The SMILES string of the molecule is COC(=O)CCC(N)C(=O)NC(C)(C)C. The van der Waals surface area contributed by atoms with Gasteiger partial charge in [0.2, 0.25) is 5.91 Å². The lowest BCUT2D eigenvalue weighted by atomic mass is 10.1. The van der Waals surface area contributed by atoms with Crippen LogP contribution in [0.1, 0.15) is 33.6 Å². The van der Waals surface area contributed by atoms with Crippen molar-refractivity contribution < 1.29 is 14.3 Å². The Morgan fingerprint density at radius 1 is 1.40 bits per heavy atom. The Morgan fingerprint density at radius 2 is 1.93 bits per heavy atom. The number of rotatable bonds is 4. The molecule has 0 fully saturated rings. The third-order valence-electron chi connectivity index (χ3n) is 1.72. The third kappa shape index (κ3) is 6.90. The summed E-state index contributed by atoms with van der Waals surface area (Å²) in [5, 5.41) is 2.74. The highest BCUT2D eigenvalue weighted by molar-refractivity contribution is 5.82. The predicted molar refractivity (Wildman–Crippen MR) is 57.1 cm³/mol. The first-order chi connectivity index (χ1) is 6.76. The minimum Gasteiger partial charge on any atom is -0.469 e. The summed E-state index contributed by atoms with van der Waals surface area (Å²) in [7, 11) is 1.31. The highest BCUT2D eigenvalue weighted by Crippen LogP contribution is 2.02. The van der Waals surface area contributed by atoms with E-state index in [0.29, 0.717) is 6.42 Å². The van der Waals surface area contributed by atoms with Gasteiger partial charge < -0.3 is 15.8 Å². The summed E-state index contributed by atoms with van der Waals surface area (Å²) in [6.45, 7) is 5.62. The van der Waals surface area contributed by atoms with E-state index < -0.39 is 6.04 Å². The summed E-state index contributed by atoms with van der Waals surface area (Å²) in [4.78, 5) is 22.3. The van der Waals surface area contributed by atoms with Crippen LogP contribution in [-0.4, -0.2) is 30.6 Å². The first-order valence-electron chi connectivity index (χ1n) is 4.90. The quantitative estimate of drug-likeness (QED) is 0.657. The number of ether oxygens (including phenoxy) is 1. The lowest BCUT2D eigenvalue weighted by molar-refractivity contribution is -0.140. The van der Waals surface area contributed by atoms with Gasteiger partial charge >= 0.3 is 5.97 Å². The maximum absolute atomic E-state index is 11.5. The molecule has 0 aromatic carbocycles. The molecule has 3 N–H and O–H groups in total. The van der Waals surface area contributed by atoms with Crippen molar-refractivity contribution in [2.45, 2.75) is 45.2 Å². The Labute approximate surface area is 90.4 Å². The Hall–Kier alpha value is -1.10. The van der Waals surface area contributed by atoms with Crippen LogP contribution in [0.3, 0.4) is 0 Å². The molecule has 0 radical (unpaired) electrons. The minimum atomic E-state index is -0.664. The second-order valence-electron chi connectivity index (χ2n) is 4.46. The molecule has 1 atom stereocenters. The van der Waals surface area contributed by atoms with E-state index in [9.17, 15) is 9.59 Å². The molecule has 0 spiro atoms. The molecule has 0 aliphatic heterocycles. The number of carbonyl (C=O) groups excluding carboxylic acids is 2. The molecule has 15 heavy (non-hydrogen) atoms. The number of hydrogen-bond donors (Lipinski definition) is 2. The molecule has 0 saturated carbocycles. The highest BCUT2D eigenvalue weighted by atomic mass is 16.5. The van der Waals surface area contributed by atoms with Crippen molar-refractivity contribution in [1.29, 1.82) is 0 Å². The van der Waals surface area contributed by atoms with Gasteiger partial charge in [-0.05, 0) is 27.2 Å². The Balaban J connectivity index is 3.95. The highest BCUT2D eigenvalue weighted by Gasteiger charge is 2.20. The molecule has 1 amide bonds. The molecule has 0 aliphatic carbocycles. The Bertz CT molecular complexity index is 233. The lowest BCUT2D eigenvalue weighted by Gasteiger charge is -2.22. The third-order valence-corrected chi connectivity index (χ3v) is 1.72. The molecule has 0 saturated heterocycles. The van der Waals surface area contributed by atoms with Crippen LogP contribution in [0, 0.1) is 0 Å². The van der Waals surface area contributed by atoms with Gasteiger partial charge in [0.05, 0.1) is 13.2 Å². The standard InChI is InChI=1S/C10H20N2O3/c1-10(2,3)12-9(14)7(11)5-6-8(13)15-4/h7H,5-6,11H2,1-4H3,(H,12,14). The van der Waals surface area contributed by atoms with E-state index in [-0.39, 0.29) is 23.8 Å². The van der Waals surface area contributed by atoms with Gasteiger partial charge in [0.1, 0.15) is 0 Å². The maximum Gasteiger partial charge on any atom is 0.305 e. The monoisotopic (exact) mass is 216 g/mol. The minimum absolute atomic E-state index is 0.162. The molecule has 0 rings (SSSR count). The van der Waals surface area contributed by atoms with Crippen LogP contribution in [0.25, 0.3) is 0 Å². The summed E-state index contributed by atoms with van der Waals surface area (Å²) in [5.41, 5.74) is 5.30. The number of hydrogen-bond acceptors (Lipinski definition) is 4. The van der Waals surface area contributed by atoms with E-state index in [4.69, 9.17) is 5.73 Å². The topological polar surface area (TPSA) is 81.4 Å². The second-order valence-corrected chi connectivity index (χ2v) is 4.46. The molecule has 5 nitrogen and oxygen atoms in total. The Kier molecular flexibility index (Phi) is 5.28. The van der Waals surface area contributed by atoms with Gasteiger partial charge in [-0.15, -0.1) is 0 Å². The fourth-order valence-electron chi connectivity index (χ4n) is 0.969.